The van der Waals surface area contributed by atoms with Crippen LogP contribution in [-0.4, -0.2) is 24.2 Å². The Morgan fingerprint density at radius 2 is 2.24 bits per heavy atom. The number of aromatic nitrogens is 1. The minimum atomic E-state index is 0.532. The van der Waals surface area contributed by atoms with Crippen LogP contribution in [0.25, 0.3) is 0 Å². The Hall–Kier alpha value is -0.450. The molecule has 4 heteroatoms. The molecule has 1 aliphatic rings. The summed E-state index contributed by atoms with van der Waals surface area (Å²) in [5.41, 5.74) is 1.09. The molecule has 1 aliphatic heterocycles. The van der Waals surface area contributed by atoms with Crippen molar-refractivity contribution in [3.05, 3.63) is 28.5 Å². The minimum absolute atomic E-state index is 0.532. The van der Waals surface area contributed by atoms with Crippen LogP contribution in [-0.2, 0) is 11.3 Å². The van der Waals surface area contributed by atoms with Crippen LogP contribution >= 0.6 is 15.9 Å². The van der Waals surface area contributed by atoms with E-state index in [9.17, 15) is 0 Å². The Bertz CT molecular complexity index is 336. The van der Waals surface area contributed by atoms with E-state index in [-0.39, 0.29) is 0 Å². The van der Waals surface area contributed by atoms with Crippen LogP contribution < -0.4 is 5.32 Å². The molecular weight excluding hydrogens is 280 g/mol. The number of halogens is 1. The van der Waals surface area contributed by atoms with Crippen molar-refractivity contribution in [1.29, 1.82) is 0 Å². The highest BCUT2D eigenvalue weighted by atomic mass is 79.9. The second-order valence-corrected chi connectivity index (χ2v) is 5.50. The second kappa shape index (κ2) is 6.47. The number of ether oxygens (including phenoxy) is 1. The Morgan fingerprint density at radius 1 is 1.47 bits per heavy atom. The molecule has 1 aromatic heterocycles. The van der Waals surface area contributed by atoms with Gasteiger partial charge >= 0.3 is 0 Å². The van der Waals surface area contributed by atoms with E-state index in [4.69, 9.17) is 4.74 Å². The van der Waals surface area contributed by atoms with Gasteiger partial charge in [0.05, 0.1) is 5.69 Å². The van der Waals surface area contributed by atoms with E-state index in [1.54, 1.807) is 0 Å². The maximum Gasteiger partial charge on any atom is 0.0542 e. The highest BCUT2D eigenvalue weighted by Gasteiger charge is 2.19. The lowest BCUT2D eigenvalue weighted by atomic mass is 9.93. The first-order valence-electron chi connectivity index (χ1n) is 6.17. The third-order valence-corrected chi connectivity index (χ3v) is 3.84. The number of rotatable bonds is 4. The first kappa shape index (κ1) is 13.0. The van der Waals surface area contributed by atoms with Crippen LogP contribution in [0, 0.1) is 5.92 Å². The van der Waals surface area contributed by atoms with E-state index in [0.717, 1.165) is 35.8 Å². The van der Waals surface area contributed by atoms with Crippen LogP contribution in [0.1, 0.15) is 25.5 Å². The molecule has 1 N–H and O–H groups in total. The fourth-order valence-corrected chi connectivity index (χ4v) is 2.39. The zero-order valence-corrected chi connectivity index (χ0v) is 11.7. The zero-order valence-electron chi connectivity index (χ0n) is 10.2. The Labute approximate surface area is 111 Å². The highest BCUT2D eigenvalue weighted by Crippen LogP contribution is 2.18. The first-order chi connectivity index (χ1) is 8.25. The molecule has 94 valence electrons. The van der Waals surface area contributed by atoms with E-state index in [2.05, 4.69) is 33.2 Å². The molecule has 0 radical (unpaired) electrons. The van der Waals surface area contributed by atoms with Crippen molar-refractivity contribution in [1.82, 2.24) is 10.3 Å². The van der Waals surface area contributed by atoms with Crippen molar-refractivity contribution >= 4 is 15.9 Å². The Balaban J connectivity index is 1.78. The predicted octanol–water partition coefficient (Wildman–Crippen LogP) is 2.75. The smallest absolute Gasteiger partial charge is 0.0542 e. The summed E-state index contributed by atoms with van der Waals surface area (Å²) in [5.74, 6) is 0.735. The van der Waals surface area contributed by atoms with E-state index < -0.39 is 0 Å². The molecule has 2 heterocycles. The van der Waals surface area contributed by atoms with Crippen molar-refractivity contribution in [2.24, 2.45) is 5.92 Å². The van der Waals surface area contributed by atoms with Crippen LogP contribution in [0.5, 0.6) is 0 Å². The molecule has 1 atom stereocenters. The van der Waals surface area contributed by atoms with Crippen molar-refractivity contribution < 1.29 is 4.74 Å². The Morgan fingerprint density at radius 3 is 2.88 bits per heavy atom. The van der Waals surface area contributed by atoms with Gasteiger partial charge in [-0.3, -0.25) is 4.98 Å². The van der Waals surface area contributed by atoms with Gasteiger partial charge in [-0.25, -0.2) is 0 Å². The van der Waals surface area contributed by atoms with Crippen LogP contribution in [0.3, 0.4) is 0 Å². The molecule has 0 aromatic carbocycles. The van der Waals surface area contributed by atoms with Crippen molar-refractivity contribution in [2.75, 3.05) is 13.2 Å². The Kier molecular flexibility index (Phi) is 4.95. The van der Waals surface area contributed by atoms with Gasteiger partial charge in [-0.05, 0) is 53.7 Å². The quantitative estimate of drug-likeness (QED) is 0.928. The van der Waals surface area contributed by atoms with Crippen molar-refractivity contribution in [3.63, 3.8) is 0 Å². The number of pyridine rings is 1. The molecule has 0 amide bonds. The number of hydrogen-bond donors (Lipinski definition) is 1. The molecule has 0 aliphatic carbocycles. The molecule has 0 bridgehead atoms. The molecule has 1 fully saturated rings. The average Bonchev–Trinajstić information content (AvgIpc) is 2.39. The SMILES string of the molecule is CC(NCc1ccc(Br)cn1)C1CCOCC1. The fraction of sp³-hybridized carbons (Fsp3) is 0.615. The van der Waals surface area contributed by atoms with Crippen LogP contribution in [0.2, 0.25) is 0 Å². The lowest BCUT2D eigenvalue weighted by Crippen LogP contribution is -2.36. The van der Waals surface area contributed by atoms with Gasteiger partial charge < -0.3 is 10.1 Å². The van der Waals surface area contributed by atoms with Crippen LogP contribution in [0.15, 0.2) is 22.8 Å². The minimum Gasteiger partial charge on any atom is -0.381 e. The summed E-state index contributed by atoms with van der Waals surface area (Å²) in [6.07, 6.45) is 4.18. The third-order valence-electron chi connectivity index (χ3n) is 3.37. The number of hydrogen-bond acceptors (Lipinski definition) is 3. The number of nitrogens with zero attached hydrogens (tertiary/aromatic N) is 1. The molecule has 1 unspecified atom stereocenters. The maximum absolute atomic E-state index is 5.38. The highest BCUT2D eigenvalue weighted by molar-refractivity contribution is 9.10. The lowest BCUT2D eigenvalue weighted by Gasteiger charge is -2.28. The summed E-state index contributed by atoms with van der Waals surface area (Å²) >= 11 is 3.39. The van der Waals surface area contributed by atoms with Gasteiger partial charge in [-0.1, -0.05) is 0 Å². The monoisotopic (exact) mass is 298 g/mol. The predicted molar refractivity (Wildman–Crippen MR) is 71.8 cm³/mol. The summed E-state index contributed by atoms with van der Waals surface area (Å²) < 4.78 is 6.41. The van der Waals surface area contributed by atoms with Gasteiger partial charge in [-0.15, -0.1) is 0 Å². The van der Waals surface area contributed by atoms with Crippen molar-refractivity contribution in [3.8, 4) is 0 Å². The molecule has 1 saturated heterocycles. The van der Waals surface area contributed by atoms with E-state index in [1.807, 2.05) is 18.3 Å². The van der Waals surface area contributed by atoms with E-state index >= 15 is 0 Å². The zero-order chi connectivity index (χ0) is 12.1. The van der Waals surface area contributed by atoms with Crippen LogP contribution in [0.4, 0.5) is 0 Å². The standard InChI is InChI=1S/C13H19BrN2O/c1-10(11-4-6-17-7-5-11)15-9-13-3-2-12(14)8-16-13/h2-3,8,10-11,15H,4-7,9H2,1H3. The average molecular weight is 299 g/mol. The first-order valence-corrected chi connectivity index (χ1v) is 6.96. The molecule has 1 aromatic rings. The van der Waals surface area contributed by atoms with Gasteiger partial charge in [-0.2, -0.15) is 0 Å². The molecule has 2 rings (SSSR count). The van der Waals surface area contributed by atoms with Gasteiger partial charge in [0.25, 0.3) is 0 Å². The molecule has 0 spiro atoms. The van der Waals surface area contributed by atoms with Gasteiger partial charge in [0.2, 0.25) is 0 Å². The topological polar surface area (TPSA) is 34.2 Å². The summed E-state index contributed by atoms with van der Waals surface area (Å²) in [6.45, 7) is 4.92. The summed E-state index contributed by atoms with van der Waals surface area (Å²) in [4.78, 5) is 4.36. The molecule has 0 saturated carbocycles. The van der Waals surface area contributed by atoms with Crippen molar-refractivity contribution in [2.45, 2.75) is 32.4 Å². The lowest BCUT2D eigenvalue weighted by molar-refractivity contribution is 0.0557. The summed E-state index contributed by atoms with van der Waals surface area (Å²) in [7, 11) is 0. The largest absolute Gasteiger partial charge is 0.381 e. The third kappa shape index (κ3) is 4.05. The normalized spacial score (nSPS) is 19.2. The van der Waals surface area contributed by atoms with Gasteiger partial charge in [0.15, 0.2) is 0 Å². The maximum atomic E-state index is 5.38. The van der Waals surface area contributed by atoms with Gasteiger partial charge in [0, 0.05) is 36.5 Å². The number of nitrogens with one attached hydrogen (secondary N) is 1. The summed E-state index contributed by atoms with van der Waals surface area (Å²) in [6, 6.07) is 4.61. The van der Waals surface area contributed by atoms with E-state index in [0.29, 0.717) is 6.04 Å². The molecule has 3 nitrogen and oxygen atoms in total. The second-order valence-electron chi connectivity index (χ2n) is 4.59. The fourth-order valence-electron chi connectivity index (χ4n) is 2.16. The molecular formula is C13H19BrN2O. The summed E-state index contributed by atoms with van der Waals surface area (Å²) in [5, 5.41) is 3.55. The molecule has 17 heavy (non-hydrogen) atoms. The van der Waals surface area contributed by atoms with E-state index in [1.165, 1.54) is 12.8 Å². The van der Waals surface area contributed by atoms with Gasteiger partial charge in [0.1, 0.15) is 0 Å².